The summed E-state index contributed by atoms with van der Waals surface area (Å²) in [7, 11) is 0. The Labute approximate surface area is 165 Å². The Morgan fingerprint density at radius 1 is 1.25 bits per heavy atom. The Morgan fingerprint density at radius 2 is 1.93 bits per heavy atom. The molecule has 2 fully saturated rings. The van der Waals surface area contributed by atoms with E-state index in [0.717, 1.165) is 5.57 Å². The van der Waals surface area contributed by atoms with E-state index in [-0.39, 0.29) is 23.8 Å². The van der Waals surface area contributed by atoms with Crippen LogP contribution in [-0.2, 0) is 4.79 Å². The fraction of sp³-hybridized carbons (Fsp3) is 0.571. The number of carbonyl (C=O) groups excluding carboxylic acids is 3. The number of hydrogen-bond donors (Lipinski definition) is 0. The van der Waals surface area contributed by atoms with E-state index in [9.17, 15) is 14.4 Å². The second kappa shape index (κ2) is 7.81. The van der Waals surface area contributed by atoms with Gasteiger partial charge in [-0.05, 0) is 38.7 Å². The standard InChI is InChI=1S/C21H29N3O4/c1-15(2)5-9-23-19(26)21(24(20(23)27)13-16(3)4)7-10-22(11-8-21)18(25)17-6-12-28-14-17/h5-6,12,14,16H,7-11,13H2,1-4H3. The zero-order valence-corrected chi connectivity index (χ0v) is 17.1. The lowest BCUT2D eigenvalue weighted by Crippen LogP contribution is -2.58. The Hall–Kier alpha value is -2.57. The number of amides is 4. The second-order valence-corrected chi connectivity index (χ2v) is 8.32. The van der Waals surface area contributed by atoms with Crippen LogP contribution in [0.5, 0.6) is 0 Å². The van der Waals surface area contributed by atoms with Crippen molar-refractivity contribution in [1.82, 2.24) is 14.7 Å². The van der Waals surface area contributed by atoms with Crippen LogP contribution in [0.1, 0.15) is 50.9 Å². The minimum absolute atomic E-state index is 0.0998. The maximum atomic E-state index is 13.3. The van der Waals surface area contributed by atoms with Crippen molar-refractivity contribution in [2.75, 3.05) is 26.2 Å². The minimum atomic E-state index is -0.843. The zero-order chi connectivity index (χ0) is 20.5. The fourth-order valence-corrected chi connectivity index (χ4v) is 3.97. The molecule has 1 aromatic rings. The van der Waals surface area contributed by atoms with E-state index in [0.29, 0.717) is 44.6 Å². The van der Waals surface area contributed by atoms with Crippen LogP contribution in [0.25, 0.3) is 0 Å². The molecule has 0 aliphatic carbocycles. The van der Waals surface area contributed by atoms with Gasteiger partial charge < -0.3 is 14.2 Å². The largest absolute Gasteiger partial charge is 0.472 e. The van der Waals surface area contributed by atoms with E-state index in [2.05, 4.69) is 0 Å². The van der Waals surface area contributed by atoms with Gasteiger partial charge in [0.2, 0.25) is 0 Å². The molecule has 7 nitrogen and oxygen atoms in total. The monoisotopic (exact) mass is 387 g/mol. The molecule has 28 heavy (non-hydrogen) atoms. The Kier molecular flexibility index (Phi) is 5.63. The van der Waals surface area contributed by atoms with E-state index in [1.165, 1.54) is 17.4 Å². The molecule has 0 aromatic carbocycles. The van der Waals surface area contributed by atoms with Gasteiger partial charge in [-0.2, -0.15) is 0 Å². The van der Waals surface area contributed by atoms with Crippen molar-refractivity contribution in [3.05, 3.63) is 35.8 Å². The normalized spacial score (nSPS) is 19.1. The Balaban J connectivity index is 1.81. The van der Waals surface area contributed by atoms with Crippen LogP contribution in [-0.4, -0.2) is 64.3 Å². The number of imide groups is 1. The van der Waals surface area contributed by atoms with Gasteiger partial charge in [0.1, 0.15) is 11.8 Å². The number of rotatable bonds is 5. The molecule has 7 heteroatoms. The summed E-state index contributed by atoms with van der Waals surface area (Å²) in [6.45, 7) is 9.70. The zero-order valence-electron chi connectivity index (χ0n) is 17.1. The van der Waals surface area contributed by atoms with Gasteiger partial charge in [-0.25, -0.2) is 4.79 Å². The van der Waals surface area contributed by atoms with Gasteiger partial charge in [-0.3, -0.25) is 14.5 Å². The number of urea groups is 1. The SMILES string of the molecule is CC(C)=CCN1C(=O)N(CC(C)C)C2(CCN(C(=O)c3ccoc3)CC2)C1=O. The van der Waals surface area contributed by atoms with Crippen molar-refractivity contribution in [2.45, 2.75) is 46.1 Å². The molecule has 152 valence electrons. The third-order valence-corrected chi connectivity index (χ3v) is 5.50. The third-order valence-electron chi connectivity index (χ3n) is 5.50. The molecule has 0 unspecified atom stereocenters. The summed E-state index contributed by atoms with van der Waals surface area (Å²) in [5.74, 6) is 0.0193. The molecule has 0 saturated carbocycles. The van der Waals surface area contributed by atoms with Crippen molar-refractivity contribution in [3.63, 3.8) is 0 Å². The summed E-state index contributed by atoms with van der Waals surface area (Å²) in [6.07, 6.45) is 5.73. The van der Waals surface area contributed by atoms with Gasteiger partial charge in [0, 0.05) is 26.2 Å². The molecule has 2 aliphatic heterocycles. The summed E-state index contributed by atoms with van der Waals surface area (Å²) in [6, 6.07) is 1.43. The van der Waals surface area contributed by atoms with Crippen LogP contribution in [0.4, 0.5) is 4.79 Å². The molecular weight excluding hydrogens is 358 g/mol. The molecule has 3 rings (SSSR count). The number of furan rings is 1. The molecule has 0 radical (unpaired) electrons. The van der Waals surface area contributed by atoms with Crippen LogP contribution < -0.4 is 0 Å². The fourth-order valence-electron chi connectivity index (χ4n) is 3.97. The summed E-state index contributed by atoms with van der Waals surface area (Å²) in [5, 5.41) is 0. The van der Waals surface area contributed by atoms with E-state index in [4.69, 9.17) is 4.42 Å². The molecule has 1 aromatic heterocycles. The number of carbonyl (C=O) groups is 3. The van der Waals surface area contributed by atoms with E-state index in [1.807, 2.05) is 33.8 Å². The number of hydrogen-bond acceptors (Lipinski definition) is 4. The van der Waals surface area contributed by atoms with Crippen molar-refractivity contribution in [3.8, 4) is 0 Å². The lowest BCUT2D eigenvalue weighted by molar-refractivity contribution is -0.135. The van der Waals surface area contributed by atoms with Gasteiger partial charge in [-0.15, -0.1) is 0 Å². The molecule has 3 heterocycles. The second-order valence-electron chi connectivity index (χ2n) is 8.32. The van der Waals surface area contributed by atoms with Gasteiger partial charge in [0.15, 0.2) is 0 Å². The quantitative estimate of drug-likeness (QED) is 0.575. The molecule has 2 aliphatic rings. The smallest absolute Gasteiger partial charge is 0.327 e. The molecule has 0 atom stereocenters. The molecule has 2 saturated heterocycles. The first-order valence-electron chi connectivity index (χ1n) is 9.84. The highest BCUT2D eigenvalue weighted by molar-refractivity contribution is 6.07. The maximum Gasteiger partial charge on any atom is 0.327 e. The van der Waals surface area contributed by atoms with Crippen molar-refractivity contribution in [1.29, 1.82) is 0 Å². The lowest BCUT2D eigenvalue weighted by atomic mass is 9.85. The summed E-state index contributed by atoms with van der Waals surface area (Å²) in [5.41, 5.74) is 0.732. The first kappa shape index (κ1) is 20.2. The number of allylic oxidation sites excluding steroid dienone is 1. The molecule has 4 amide bonds. The lowest BCUT2D eigenvalue weighted by Gasteiger charge is -2.42. The highest BCUT2D eigenvalue weighted by Gasteiger charge is 2.57. The first-order valence-corrected chi connectivity index (χ1v) is 9.84. The van der Waals surface area contributed by atoms with Crippen LogP contribution in [0.15, 0.2) is 34.7 Å². The van der Waals surface area contributed by atoms with Crippen LogP contribution >= 0.6 is 0 Å². The summed E-state index contributed by atoms with van der Waals surface area (Å²) < 4.78 is 5.01. The summed E-state index contributed by atoms with van der Waals surface area (Å²) in [4.78, 5) is 43.8. The van der Waals surface area contributed by atoms with Gasteiger partial charge in [0.05, 0.1) is 11.8 Å². The summed E-state index contributed by atoms with van der Waals surface area (Å²) >= 11 is 0. The van der Waals surface area contributed by atoms with Crippen molar-refractivity contribution >= 4 is 17.8 Å². The molecular formula is C21H29N3O4. The van der Waals surface area contributed by atoms with E-state index < -0.39 is 5.54 Å². The predicted octanol–water partition coefficient (Wildman–Crippen LogP) is 3.14. The van der Waals surface area contributed by atoms with Crippen LogP contribution in [0.3, 0.4) is 0 Å². The molecule has 1 spiro atoms. The topological polar surface area (TPSA) is 74.1 Å². The van der Waals surface area contributed by atoms with E-state index in [1.54, 1.807) is 15.9 Å². The Morgan fingerprint density at radius 3 is 2.46 bits per heavy atom. The van der Waals surface area contributed by atoms with Crippen LogP contribution in [0.2, 0.25) is 0 Å². The first-order chi connectivity index (χ1) is 13.3. The number of likely N-dealkylation sites (tertiary alicyclic amines) is 1. The van der Waals surface area contributed by atoms with E-state index >= 15 is 0 Å². The molecule has 0 bridgehead atoms. The van der Waals surface area contributed by atoms with Crippen LogP contribution in [0, 0.1) is 5.92 Å². The highest BCUT2D eigenvalue weighted by Crippen LogP contribution is 2.38. The third kappa shape index (κ3) is 3.57. The van der Waals surface area contributed by atoms with Crippen molar-refractivity contribution in [2.24, 2.45) is 5.92 Å². The maximum absolute atomic E-state index is 13.3. The number of piperidine rings is 1. The van der Waals surface area contributed by atoms with Gasteiger partial charge in [0.25, 0.3) is 11.8 Å². The van der Waals surface area contributed by atoms with Crippen molar-refractivity contribution < 1.29 is 18.8 Å². The minimum Gasteiger partial charge on any atom is -0.472 e. The highest BCUT2D eigenvalue weighted by atomic mass is 16.3. The molecule has 0 N–H and O–H groups in total. The Bertz CT molecular complexity index is 770. The van der Waals surface area contributed by atoms with Gasteiger partial charge in [-0.1, -0.05) is 25.5 Å². The predicted molar refractivity (Wildman–Crippen MR) is 105 cm³/mol. The average molecular weight is 387 g/mol. The number of nitrogens with zero attached hydrogens (tertiary/aromatic N) is 3. The van der Waals surface area contributed by atoms with Gasteiger partial charge >= 0.3 is 6.03 Å². The average Bonchev–Trinajstić information content (AvgIpc) is 3.24.